The van der Waals surface area contributed by atoms with Crippen LogP contribution in [0.25, 0.3) is 0 Å². The second kappa shape index (κ2) is 9.14. The van der Waals surface area contributed by atoms with Gasteiger partial charge in [0.2, 0.25) is 0 Å². The smallest absolute Gasteiger partial charge is 0.264 e. The molecule has 3 aromatic carbocycles. The number of rotatable bonds is 7. The number of nitrogens with zero attached hydrogens (tertiary/aromatic N) is 1. The zero-order valence-corrected chi connectivity index (χ0v) is 18.4. The fourth-order valence-corrected chi connectivity index (χ4v) is 4.94. The lowest BCUT2D eigenvalue weighted by atomic mass is 10.1. The van der Waals surface area contributed by atoms with Crippen molar-refractivity contribution >= 4 is 33.1 Å². The maximum absolute atomic E-state index is 13.4. The average molecular weight is 437 g/mol. The number of nitrogens with one attached hydrogen (secondary N) is 1. The lowest BCUT2D eigenvalue weighted by Gasteiger charge is -2.24. The Kier molecular flexibility index (Phi) is 6.56. The van der Waals surface area contributed by atoms with Crippen LogP contribution in [0.5, 0.6) is 0 Å². The molecule has 160 valence electrons. The van der Waals surface area contributed by atoms with Crippen LogP contribution in [0.3, 0.4) is 0 Å². The van der Waals surface area contributed by atoms with Crippen LogP contribution in [0.1, 0.15) is 40.1 Å². The van der Waals surface area contributed by atoms with Crippen molar-refractivity contribution in [2.24, 2.45) is 0 Å². The Balaban J connectivity index is 1.91. The van der Waals surface area contributed by atoms with Crippen molar-refractivity contribution in [2.75, 3.05) is 16.2 Å². The van der Waals surface area contributed by atoms with Gasteiger partial charge in [0.25, 0.3) is 15.9 Å². The highest BCUT2D eigenvalue weighted by atomic mass is 32.2. The Morgan fingerprint density at radius 3 is 2.10 bits per heavy atom. The molecule has 0 atom stereocenters. The molecule has 0 saturated carbocycles. The highest BCUT2D eigenvalue weighted by Crippen LogP contribution is 2.26. The van der Waals surface area contributed by atoms with Crippen molar-refractivity contribution in [2.45, 2.75) is 25.7 Å². The van der Waals surface area contributed by atoms with Crippen molar-refractivity contribution in [1.82, 2.24) is 0 Å². The zero-order chi connectivity index (χ0) is 22.6. The number of carbonyl (C=O) groups is 2. The number of hydrogen-bond donors (Lipinski definition) is 1. The zero-order valence-electron chi connectivity index (χ0n) is 17.6. The van der Waals surface area contributed by atoms with E-state index in [1.807, 2.05) is 6.07 Å². The number of para-hydroxylation sites is 1. The summed E-state index contributed by atoms with van der Waals surface area (Å²) in [5, 5.41) is 2.74. The Labute approximate surface area is 182 Å². The van der Waals surface area contributed by atoms with E-state index in [9.17, 15) is 18.0 Å². The molecule has 1 N–H and O–H groups in total. The maximum atomic E-state index is 13.4. The third-order valence-corrected chi connectivity index (χ3v) is 6.94. The number of aryl methyl sites for hydroxylation is 1. The van der Waals surface area contributed by atoms with Gasteiger partial charge in [-0.2, -0.15) is 0 Å². The number of amides is 1. The van der Waals surface area contributed by atoms with Gasteiger partial charge >= 0.3 is 0 Å². The van der Waals surface area contributed by atoms with Crippen LogP contribution in [-0.2, 0) is 10.0 Å². The molecule has 0 aliphatic rings. The predicted octanol–water partition coefficient (Wildman–Crippen LogP) is 4.67. The molecule has 31 heavy (non-hydrogen) atoms. The van der Waals surface area contributed by atoms with E-state index in [0.717, 1.165) is 0 Å². The van der Waals surface area contributed by atoms with Crippen molar-refractivity contribution in [3.05, 3.63) is 89.5 Å². The summed E-state index contributed by atoms with van der Waals surface area (Å²) >= 11 is 0. The Morgan fingerprint density at radius 2 is 1.52 bits per heavy atom. The molecule has 0 radical (unpaired) electrons. The summed E-state index contributed by atoms with van der Waals surface area (Å²) in [5.41, 5.74) is 2.40. The van der Waals surface area contributed by atoms with Crippen LogP contribution in [0.15, 0.2) is 77.7 Å². The monoisotopic (exact) mass is 436 g/mol. The number of carbonyl (C=O) groups excluding carboxylic acids is 2. The van der Waals surface area contributed by atoms with Gasteiger partial charge in [0.1, 0.15) is 0 Å². The van der Waals surface area contributed by atoms with Gasteiger partial charge in [0.05, 0.1) is 10.6 Å². The fraction of sp³-hybridized carbons (Fsp3) is 0.167. The minimum Gasteiger partial charge on any atom is -0.322 e. The van der Waals surface area contributed by atoms with Crippen LogP contribution in [0.4, 0.5) is 11.4 Å². The molecule has 0 aliphatic carbocycles. The second-order valence-corrected chi connectivity index (χ2v) is 8.90. The van der Waals surface area contributed by atoms with Crippen molar-refractivity contribution in [3.8, 4) is 0 Å². The molecule has 0 heterocycles. The standard InChI is InChI=1S/C24H24N2O4S/c1-4-26(22-8-6-5-7-9-22)31(29,30)23-16-20(11-10-17(23)2)24(28)25-21-14-12-19(13-15-21)18(3)27/h5-16H,4H2,1-3H3,(H,25,28). The largest absolute Gasteiger partial charge is 0.322 e. The van der Waals surface area contributed by atoms with E-state index in [1.165, 1.54) is 17.3 Å². The first-order valence-electron chi connectivity index (χ1n) is 9.85. The molecule has 0 bridgehead atoms. The summed E-state index contributed by atoms with van der Waals surface area (Å²) in [6.07, 6.45) is 0. The van der Waals surface area contributed by atoms with E-state index in [2.05, 4.69) is 5.32 Å². The third kappa shape index (κ3) is 4.83. The molecule has 0 unspecified atom stereocenters. The van der Waals surface area contributed by atoms with Crippen LogP contribution in [0, 0.1) is 6.92 Å². The topological polar surface area (TPSA) is 83.6 Å². The van der Waals surface area contributed by atoms with E-state index in [1.54, 1.807) is 74.5 Å². The van der Waals surface area contributed by atoms with Gasteiger partial charge in [-0.25, -0.2) is 8.42 Å². The number of Topliss-reactive ketones (excluding diaryl/α,β-unsaturated/α-hetero) is 1. The van der Waals surface area contributed by atoms with Gasteiger partial charge in [-0.3, -0.25) is 13.9 Å². The molecule has 0 aromatic heterocycles. The van der Waals surface area contributed by atoms with Gasteiger partial charge in [0, 0.05) is 23.4 Å². The lowest BCUT2D eigenvalue weighted by molar-refractivity contribution is 0.101. The van der Waals surface area contributed by atoms with Gasteiger partial charge in [0.15, 0.2) is 5.78 Å². The lowest BCUT2D eigenvalue weighted by Crippen LogP contribution is -2.31. The van der Waals surface area contributed by atoms with E-state index in [-0.39, 0.29) is 22.8 Å². The van der Waals surface area contributed by atoms with Crippen LogP contribution < -0.4 is 9.62 Å². The van der Waals surface area contributed by atoms with Gasteiger partial charge in [-0.1, -0.05) is 24.3 Å². The molecule has 0 saturated heterocycles. The molecule has 3 aromatic rings. The number of hydrogen-bond acceptors (Lipinski definition) is 4. The normalized spacial score (nSPS) is 11.1. The molecule has 0 spiro atoms. The number of benzene rings is 3. The molecular weight excluding hydrogens is 412 g/mol. The summed E-state index contributed by atoms with van der Waals surface area (Å²) in [6, 6.07) is 20.0. The highest BCUT2D eigenvalue weighted by Gasteiger charge is 2.26. The number of sulfonamides is 1. The van der Waals surface area contributed by atoms with Crippen LogP contribution >= 0.6 is 0 Å². The summed E-state index contributed by atoms with van der Waals surface area (Å²) in [5.74, 6) is -0.500. The van der Waals surface area contributed by atoms with Crippen molar-refractivity contribution in [3.63, 3.8) is 0 Å². The fourth-order valence-electron chi connectivity index (χ4n) is 3.22. The SMILES string of the molecule is CCN(c1ccccc1)S(=O)(=O)c1cc(C(=O)Nc2ccc(C(C)=O)cc2)ccc1C. The molecule has 1 amide bonds. The minimum atomic E-state index is -3.86. The van der Waals surface area contributed by atoms with E-state index in [4.69, 9.17) is 0 Å². The minimum absolute atomic E-state index is 0.0647. The Hall–Kier alpha value is -3.45. The first kappa shape index (κ1) is 22.2. The van der Waals surface area contributed by atoms with Crippen LogP contribution in [-0.4, -0.2) is 26.7 Å². The van der Waals surface area contributed by atoms with Gasteiger partial charge < -0.3 is 5.32 Å². The first-order valence-corrected chi connectivity index (χ1v) is 11.3. The molecule has 0 fully saturated rings. The van der Waals surface area contributed by atoms with Crippen molar-refractivity contribution < 1.29 is 18.0 Å². The Morgan fingerprint density at radius 1 is 0.903 bits per heavy atom. The average Bonchev–Trinajstić information content (AvgIpc) is 2.75. The number of ketones is 1. The van der Waals surface area contributed by atoms with Crippen LogP contribution in [0.2, 0.25) is 0 Å². The molecule has 7 heteroatoms. The van der Waals surface area contributed by atoms with Crippen molar-refractivity contribution in [1.29, 1.82) is 0 Å². The Bertz CT molecular complexity index is 1200. The van der Waals surface area contributed by atoms with E-state index >= 15 is 0 Å². The first-order chi connectivity index (χ1) is 14.7. The van der Waals surface area contributed by atoms with Gasteiger partial charge in [-0.15, -0.1) is 0 Å². The molecule has 0 aliphatic heterocycles. The third-order valence-electron chi connectivity index (χ3n) is 4.90. The summed E-state index contributed by atoms with van der Waals surface area (Å²) < 4.78 is 28.1. The number of anilines is 2. The summed E-state index contributed by atoms with van der Waals surface area (Å²) in [4.78, 5) is 24.2. The predicted molar refractivity (Wildman–Crippen MR) is 122 cm³/mol. The maximum Gasteiger partial charge on any atom is 0.264 e. The van der Waals surface area contributed by atoms with E-state index < -0.39 is 15.9 Å². The van der Waals surface area contributed by atoms with Gasteiger partial charge in [-0.05, 0) is 74.9 Å². The quantitative estimate of drug-likeness (QED) is 0.546. The second-order valence-electron chi connectivity index (χ2n) is 7.07. The molecule has 6 nitrogen and oxygen atoms in total. The van der Waals surface area contributed by atoms with E-state index in [0.29, 0.717) is 22.5 Å². The highest BCUT2D eigenvalue weighted by molar-refractivity contribution is 7.92. The summed E-state index contributed by atoms with van der Waals surface area (Å²) in [7, 11) is -3.86. The molecular formula is C24H24N2O4S. The summed E-state index contributed by atoms with van der Waals surface area (Å²) in [6.45, 7) is 5.19. The molecule has 3 rings (SSSR count).